The average molecular weight is 345 g/mol. The maximum atomic E-state index is 12.0. The fraction of sp³-hybridized carbons (Fsp3) is 0.182. The fourth-order valence-corrected chi connectivity index (χ4v) is 3.06. The molecule has 0 saturated heterocycles. The number of aromatic nitrogens is 2. The van der Waals surface area contributed by atoms with Gasteiger partial charge in [0.15, 0.2) is 0 Å². The molecule has 6 nitrogen and oxygen atoms in total. The second kappa shape index (κ2) is 5.72. The van der Waals surface area contributed by atoms with Crippen LogP contribution in [-0.2, 0) is 16.6 Å². The lowest BCUT2D eigenvalue weighted by Gasteiger charge is -2.08. The molecule has 1 heterocycles. The maximum absolute atomic E-state index is 12.0. The lowest BCUT2D eigenvalue weighted by Crippen LogP contribution is -2.27. The minimum atomic E-state index is -3.52. The van der Waals surface area contributed by atoms with Gasteiger partial charge in [-0.05, 0) is 34.1 Å². The molecule has 0 unspecified atom stereocenters. The zero-order valence-corrected chi connectivity index (χ0v) is 12.4. The zero-order chi connectivity index (χ0) is 13.9. The first-order chi connectivity index (χ1) is 8.99. The van der Waals surface area contributed by atoms with Gasteiger partial charge in [0.25, 0.3) is 0 Å². The predicted octanol–water partition coefficient (Wildman–Crippen LogP) is 1.21. The van der Waals surface area contributed by atoms with Crippen LogP contribution in [0.25, 0.3) is 0 Å². The summed E-state index contributed by atoms with van der Waals surface area (Å²) in [5.74, 6) is 0. The molecule has 0 atom stereocenters. The van der Waals surface area contributed by atoms with Gasteiger partial charge in [-0.3, -0.25) is 0 Å². The van der Waals surface area contributed by atoms with Crippen molar-refractivity contribution >= 4 is 31.6 Å². The number of nitrogens with zero attached hydrogens (tertiary/aromatic N) is 2. The van der Waals surface area contributed by atoms with E-state index in [1.807, 2.05) is 0 Å². The highest BCUT2D eigenvalue weighted by atomic mass is 79.9. The van der Waals surface area contributed by atoms with Crippen molar-refractivity contribution in [3.63, 3.8) is 0 Å². The predicted molar refractivity (Wildman–Crippen MR) is 76.0 cm³/mol. The Bertz CT molecular complexity index is 655. The van der Waals surface area contributed by atoms with Gasteiger partial charge in [0.1, 0.15) is 0 Å². The van der Waals surface area contributed by atoms with Gasteiger partial charge in [0, 0.05) is 35.6 Å². The van der Waals surface area contributed by atoms with Gasteiger partial charge in [-0.1, -0.05) is 0 Å². The number of hydrogen-bond donors (Lipinski definition) is 2. The second-order valence-electron chi connectivity index (χ2n) is 3.88. The Hall–Kier alpha value is -1.38. The standard InChI is InChI=1S/C11H13BrN4O2S/c12-10-7-9(1-2-11(10)13)19(17,18)15-4-6-16-5-3-14-8-16/h1-3,5,7-8,15H,4,6,13H2. The minimum absolute atomic E-state index is 0.180. The van der Waals surface area contributed by atoms with E-state index in [9.17, 15) is 8.42 Å². The van der Waals surface area contributed by atoms with Crippen LogP contribution in [0, 0.1) is 0 Å². The van der Waals surface area contributed by atoms with E-state index in [1.54, 1.807) is 29.4 Å². The maximum Gasteiger partial charge on any atom is 0.240 e. The highest BCUT2D eigenvalue weighted by molar-refractivity contribution is 9.10. The number of anilines is 1. The minimum Gasteiger partial charge on any atom is -0.398 e. The number of benzene rings is 1. The van der Waals surface area contributed by atoms with E-state index in [4.69, 9.17) is 5.73 Å². The van der Waals surface area contributed by atoms with Crippen molar-refractivity contribution < 1.29 is 8.42 Å². The van der Waals surface area contributed by atoms with E-state index >= 15 is 0 Å². The molecular formula is C11H13BrN4O2S. The molecule has 0 spiro atoms. The largest absolute Gasteiger partial charge is 0.398 e. The van der Waals surface area contributed by atoms with Crippen LogP contribution in [0.3, 0.4) is 0 Å². The lowest BCUT2D eigenvalue weighted by atomic mass is 10.3. The second-order valence-corrected chi connectivity index (χ2v) is 6.50. The molecule has 2 aromatic rings. The summed E-state index contributed by atoms with van der Waals surface area (Å²) in [6.45, 7) is 0.816. The van der Waals surface area contributed by atoms with Crippen molar-refractivity contribution in [1.82, 2.24) is 14.3 Å². The third-order valence-electron chi connectivity index (χ3n) is 2.50. The van der Waals surface area contributed by atoms with E-state index in [1.165, 1.54) is 12.1 Å². The molecule has 0 bridgehead atoms. The summed E-state index contributed by atoms with van der Waals surface area (Å²) in [6, 6.07) is 4.50. The number of imidazole rings is 1. The third kappa shape index (κ3) is 3.55. The Morgan fingerprint density at radius 3 is 2.84 bits per heavy atom. The van der Waals surface area contributed by atoms with Gasteiger partial charge < -0.3 is 10.3 Å². The number of rotatable bonds is 5. The normalized spacial score (nSPS) is 11.6. The molecule has 0 saturated carbocycles. The summed E-state index contributed by atoms with van der Waals surface area (Å²) in [5, 5.41) is 0. The average Bonchev–Trinajstić information content (AvgIpc) is 2.85. The molecule has 0 amide bonds. The molecule has 0 radical (unpaired) electrons. The van der Waals surface area contributed by atoms with Crippen LogP contribution >= 0.6 is 15.9 Å². The first-order valence-corrected chi connectivity index (χ1v) is 7.77. The molecule has 0 fully saturated rings. The van der Waals surface area contributed by atoms with E-state index in [0.29, 0.717) is 23.2 Å². The summed E-state index contributed by atoms with van der Waals surface area (Å²) < 4.78 is 28.9. The van der Waals surface area contributed by atoms with Crippen molar-refractivity contribution in [2.24, 2.45) is 0 Å². The molecule has 0 aliphatic carbocycles. The lowest BCUT2D eigenvalue weighted by molar-refractivity contribution is 0.573. The smallest absolute Gasteiger partial charge is 0.240 e. The fourth-order valence-electron chi connectivity index (χ4n) is 1.49. The van der Waals surface area contributed by atoms with E-state index in [0.717, 1.165) is 0 Å². The molecule has 19 heavy (non-hydrogen) atoms. The van der Waals surface area contributed by atoms with Gasteiger partial charge in [-0.2, -0.15) is 0 Å². The SMILES string of the molecule is Nc1ccc(S(=O)(=O)NCCn2ccnc2)cc1Br. The van der Waals surface area contributed by atoms with Crippen LogP contribution in [-0.4, -0.2) is 24.5 Å². The highest BCUT2D eigenvalue weighted by Gasteiger charge is 2.14. The molecule has 102 valence electrons. The quantitative estimate of drug-likeness (QED) is 0.797. The van der Waals surface area contributed by atoms with Crippen LogP contribution in [0.15, 0.2) is 46.3 Å². The van der Waals surface area contributed by atoms with Crippen molar-refractivity contribution in [2.75, 3.05) is 12.3 Å². The number of hydrogen-bond acceptors (Lipinski definition) is 4. The summed E-state index contributed by atoms with van der Waals surface area (Å²) >= 11 is 3.21. The summed E-state index contributed by atoms with van der Waals surface area (Å²) in [6.07, 6.45) is 5.05. The molecule has 0 aliphatic heterocycles. The molecule has 1 aromatic carbocycles. The summed E-state index contributed by atoms with van der Waals surface area (Å²) in [5.41, 5.74) is 6.12. The van der Waals surface area contributed by atoms with Gasteiger partial charge in [-0.15, -0.1) is 0 Å². The first-order valence-electron chi connectivity index (χ1n) is 5.49. The van der Waals surface area contributed by atoms with E-state index in [-0.39, 0.29) is 4.90 Å². The third-order valence-corrected chi connectivity index (χ3v) is 4.65. The molecule has 0 aliphatic rings. The van der Waals surface area contributed by atoms with Gasteiger partial charge in [0.2, 0.25) is 10.0 Å². The van der Waals surface area contributed by atoms with Gasteiger partial charge in [-0.25, -0.2) is 18.1 Å². The Morgan fingerprint density at radius 2 is 2.21 bits per heavy atom. The number of nitrogen functional groups attached to an aromatic ring is 1. The monoisotopic (exact) mass is 344 g/mol. The van der Waals surface area contributed by atoms with Crippen LogP contribution < -0.4 is 10.5 Å². The Labute approximate surface area is 119 Å². The molecular weight excluding hydrogens is 332 g/mol. The van der Waals surface area contributed by atoms with Gasteiger partial charge in [0.05, 0.1) is 11.2 Å². The number of nitrogens with one attached hydrogen (secondary N) is 1. The van der Waals surface area contributed by atoms with Crippen LogP contribution in [0.5, 0.6) is 0 Å². The van der Waals surface area contributed by atoms with Crippen molar-refractivity contribution in [1.29, 1.82) is 0 Å². The number of sulfonamides is 1. The Kier molecular flexibility index (Phi) is 4.23. The van der Waals surface area contributed by atoms with Crippen LogP contribution in [0.1, 0.15) is 0 Å². The Balaban J connectivity index is 2.03. The van der Waals surface area contributed by atoms with Crippen molar-refractivity contribution in [2.45, 2.75) is 11.4 Å². The van der Waals surface area contributed by atoms with Crippen molar-refractivity contribution in [3.8, 4) is 0 Å². The number of halogens is 1. The van der Waals surface area contributed by atoms with E-state index in [2.05, 4.69) is 25.6 Å². The topological polar surface area (TPSA) is 90.0 Å². The summed E-state index contributed by atoms with van der Waals surface area (Å²) in [7, 11) is -3.52. The molecule has 2 rings (SSSR count). The van der Waals surface area contributed by atoms with E-state index < -0.39 is 10.0 Å². The molecule has 8 heteroatoms. The summed E-state index contributed by atoms with van der Waals surface area (Å²) in [4.78, 5) is 4.06. The molecule has 1 aromatic heterocycles. The first kappa shape index (κ1) is 14.0. The van der Waals surface area contributed by atoms with Crippen molar-refractivity contribution in [3.05, 3.63) is 41.4 Å². The molecule has 3 N–H and O–H groups in total. The van der Waals surface area contributed by atoms with Crippen LogP contribution in [0.2, 0.25) is 0 Å². The number of nitrogens with two attached hydrogens (primary N) is 1. The zero-order valence-electron chi connectivity index (χ0n) is 9.95. The van der Waals surface area contributed by atoms with Gasteiger partial charge >= 0.3 is 0 Å². The Morgan fingerprint density at radius 1 is 1.42 bits per heavy atom. The van der Waals surface area contributed by atoms with Crippen LogP contribution in [0.4, 0.5) is 5.69 Å². The highest BCUT2D eigenvalue weighted by Crippen LogP contribution is 2.22.